The fourth-order valence-electron chi connectivity index (χ4n) is 3.03. The molecule has 0 saturated heterocycles. The smallest absolute Gasteiger partial charge is 0.268 e. The Morgan fingerprint density at radius 2 is 1.67 bits per heavy atom. The average molecular weight is 381 g/mol. The maximum atomic E-state index is 13.5. The first-order valence-electron chi connectivity index (χ1n) is 9.28. The van der Waals surface area contributed by atoms with Gasteiger partial charge in [-0.1, -0.05) is 58.1 Å². The van der Waals surface area contributed by atoms with E-state index >= 15 is 0 Å². The van der Waals surface area contributed by atoms with Crippen molar-refractivity contribution in [3.8, 4) is 5.75 Å². The molecule has 27 heavy (non-hydrogen) atoms. The van der Waals surface area contributed by atoms with Crippen LogP contribution in [0, 0.1) is 0 Å². The third-order valence-electron chi connectivity index (χ3n) is 5.82. The minimum atomic E-state index is -2.07. The van der Waals surface area contributed by atoms with Gasteiger partial charge in [-0.15, -0.1) is 0 Å². The van der Waals surface area contributed by atoms with E-state index < -0.39 is 8.07 Å². The highest BCUT2D eigenvalue weighted by Crippen LogP contribution is 2.34. The summed E-state index contributed by atoms with van der Waals surface area (Å²) in [5.74, 6) is 0.813. The third kappa shape index (κ3) is 3.56. The standard InChI is InChI=1S/C22H28N2O2Si/c1-22(2,3)27(5,6)20-21(25)24(19-10-8-7-9-18(19)23-20)15-16-11-13-17(26-4)14-12-16/h7-14H,15H2,1-6H3. The topological polar surface area (TPSA) is 44.1 Å². The Kier molecular flexibility index (Phi) is 4.99. The number of nitrogens with zero attached hydrogens (tertiary/aromatic N) is 2. The van der Waals surface area contributed by atoms with Crippen molar-refractivity contribution < 1.29 is 4.74 Å². The molecule has 3 rings (SSSR count). The summed E-state index contributed by atoms with van der Waals surface area (Å²) in [6, 6.07) is 15.8. The van der Waals surface area contributed by atoms with E-state index in [-0.39, 0.29) is 10.6 Å². The summed E-state index contributed by atoms with van der Waals surface area (Å²) in [7, 11) is -0.416. The van der Waals surface area contributed by atoms with Crippen molar-refractivity contribution in [3.63, 3.8) is 0 Å². The van der Waals surface area contributed by atoms with Gasteiger partial charge < -0.3 is 9.30 Å². The largest absolute Gasteiger partial charge is 0.497 e. The summed E-state index contributed by atoms with van der Waals surface area (Å²) in [6.45, 7) is 11.6. The molecule has 1 heterocycles. The number of methoxy groups -OCH3 is 1. The van der Waals surface area contributed by atoms with E-state index in [1.807, 2.05) is 53.1 Å². The van der Waals surface area contributed by atoms with Crippen LogP contribution in [0.2, 0.25) is 18.1 Å². The Bertz CT molecular complexity index is 1020. The summed E-state index contributed by atoms with van der Waals surface area (Å²) in [4.78, 5) is 18.4. The molecule has 2 aromatic carbocycles. The van der Waals surface area contributed by atoms with Crippen molar-refractivity contribution in [1.82, 2.24) is 9.55 Å². The lowest BCUT2D eigenvalue weighted by Crippen LogP contribution is -2.59. The second kappa shape index (κ2) is 6.96. The molecule has 0 spiro atoms. The molecule has 0 aliphatic carbocycles. The summed E-state index contributed by atoms with van der Waals surface area (Å²) in [5, 5.41) is 0.793. The van der Waals surface area contributed by atoms with Gasteiger partial charge in [0.15, 0.2) is 0 Å². The van der Waals surface area contributed by atoms with E-state index in [4.69, 9.17) is 9.72 Å². The highest BCUT2D eigenvalue weighted by Gasteiger charge is 2.41. The van der Waals surface area contributed by atoms with Gasteiger partial charge in [-0.25, -0.2) is 0 Å². The van der Waals surface area contributed by atoms with Gasteiger partial charge in [0, 0.05) is 0 Å². The lowest BCUT2D eigenvalue weighted by molar-refractivity contribution is 0.414. The maximum Gasteiger partial charge on any atom is 0.268 e. The third-order valence-corrected chi connectivity index (χ3v) is 11.1. The van der Waals surface area contributed by atoms with E-state index in [1.54, 1.807) is 7.11 Å². The highest BCUT2D eigenvalue weighted by molar-refractivity contribution is 6.91. The van der Waals surface area contributed by atoms with Crippen LogP contribution < -0.4 is 15.6 Å². The molecule has 0 saturated carbocycles. The molecule has 0 N–H and O–H groups in total. The Labute approximate surface area is 161 Å². The number of hydrogen-bond acceptors (Lipinski definition) is 3. The highest BCUT2D eigenvalue weighted by atomic mass is 28.3. The number of hydrogen-bond donors (Lipinski definition) is 0. The lowest BCUT2D eigenvalue weighted by atomic mass is 10.2. The monoisotopic (exact) mass is 380 g/mol. The van der Waals surface area contributed by atoms with Crippen molar-refractivity contribution >= 4 is 24.4 Å². The Morgan fingerprint density at radius 3 is 2.26 bits per heavy atom. The first-order valence-corrected chi connectivity index (χ1v) is 12.3. The molecule has 0 unspecified atom stereocenters. The first kappa shape index (κ1) is 19.4. The Balaban J connectivity index is 2.21. The van der Waals surface area contributed by atoms with Crippen molar-refractivity contribution in [2.24, 2.45) is 0 Å². The molecule has 5 heteroatoms. The van der Waals surface area contributed by atoms with Crippen LogP contribution >= 0.6 is 0 Å². The van der Waals surface area contributed by atoms with Crippen molar-refractivity contribution in [2.45, 2.75) is 45.4 Å². The minimum absolute atomic E-state index is 0.0381. The van der Waals surface area contributed by atoms with Crippen LogP contribution in [0.5, 0.6) is 5.75 Å². The van der Waals surface area contributed by atoms with Gasteiger partial charge >= 0.3 is 0 Å². The summed E-state index contributed by atoms with van der Waals surface area (Å²) in [5.41, 5.74) is 2.86. The lowest BCUT2D eigenvalue weighted by Gasteiger charge is -2.36. The van der Waals surface area contributed by atoms with Gasteiger partial charge in [0.2, 0.25) is 0 Å². The quantitative estimate of drug-likeness (QED) is 0.638. The number of aromatic nitrogens is 2. The van der Waals surface area contributed by atoms with E-state index in [1.165, 1.54) is 0 Å². The molecule has 0 aliphatic heterocycles. The van der Waals surface area contributed by atoms with Crippen LogP contribution in [0.1, 0.15) is 26.3 Å². The zero-order valence-corrected chi connectivity index (χ0v) is 18.0. The molecular formula is C22H28N2O2Si. The van der Waals surface area contributed by atoms with Gasteiger partial charge in [0.05, 0.1) is 30.0 Å². The van der Waals surface area contributed by atoms with Crippen LogP contribution in [-0.4, -0.2) is 24.7 Å². The summed E-state index contributed by atoms with van der Waals surface area (Å²) >= 11 is 0. The van der Waals surface area contributed by atoms with Crippen molar-refractivity contribution in [1.29, 1.82) is 0 Å². The normalized spacial score (nSPS) is 12.4. The number of benzene rings is 2. The van der Waals surface area contributed by atoms with E-state index in [2.05, 4.69) is 33.9 Å². The Hall–Kier alpha value is -2.40. The van der Waals surface area contributed by atoms with Gasteiger partial charge in [-0.05, 0) is 34.9 Å². The van der Waals surface area contributed by atoms with Crippen LogP contribution in [0.4, 0.5) is 0 Å². The van der Waals surface area contributed by atoms with Gasteiger partial charge in [0.1, 0.15) is 13.8 Å². The molecule has 1 aromatic heterocycles. The second-order valence-electron chi connectivity index (χ2n) is 8.56. The molecule has 0 amide bonds. The predicted octanol–water partition coefficient (Wildman–Crippen LogP) is 4.17. The van der Waals surface area contributed by atoms with E-state index in [0.717, 1.165) is 27.7 Å². The Morgan fingerprint density at radius 1 is 1.04 bits per heavy atom. The van der Waals surface area contributed by atoms with Crippen LogP contribution in [0.15, 0.2) is 53.3 Å². The molecule has 3 aromatic rings. The molecule has 0 fully saturated rings. The summed E-state index contributed by atoms with van der Waals surface area (Å²) < 4.78 is 7.12. The van der Waals surface area contributed by atoms with Gasteiger partial charge in [-0.2, -0.15) is 0 Å². The zero-order valence-electron chi connectivity index (χ0n) is 17.0. The van der Waals surface area contributed by atoms with Gasteiger partial charge in [0.25, 0.3) is 5.56 Å². The van der Waals surface area contributed by atoms with Crippen LogP contribution in [0.3, 0.4) is 0 Å². The molecule has 4 nitrogen and oxygen atoms in total. The molecule has 0 aliphatic rings. The maximum absolute atomic E-state index is 13.5. The van der Waals surface area contributed by atoms with Crippen molar-refractivity contribution in [2.75, 3.05) is 7.11 Å². The SMILES string of the molecule is COc1ccc(Cn2c(=O)c([Si](C)(C)C(C)(C)C)nc3ccccc32)cc1. The number of fused-ring (bicyclic) bond motifs is 1. The molecule has 0 atom stereocenters. The number of rotatable bonds is 4. The molecule has 142 valence electrons. The number of para-hydroxylation sites is 2. The van der Waals surface area contributed by atoms with Crippen LogP contribution in [-0.2, 0) is 6.54 Å². The number of ether oxygens (including phenoxy) is 1. The predicted molar refractivity (Wildman–Crippen MR) is 115 cm³/mol. The van der Waals surface area contributed by atoms with E-state index in [9.17, 15) is 4.79 Å². The first-order chi connectivity index (χ1) is 12.6. The van der Waals surface area contributed by atoms with Crippen molar-refractivity contribution in [3.05, 3.63) is 64.4 Å². The minimum Gasteiger partial charge on any atom is -0.497 e. The average Bonchev–Trinajstić information content (AvgIpc) is 2.63. The summed E-state index contributed by atoms with van der Waals surface area (Å²) in [6.07, 6.45) is 0. The van der Waals surface area contributed by atoms with E-state index in [0.29, 0.717) is 6.54 Å². The molecular weight excluding hydrogens is 352 g/mol. The molecule has 0 bridgehead atoms. The fourth-order valence-corrected chi connectivity index (χ4v) is 4.81. The fraction of sp³-hybridized carbons (Fsp3) is 0.364. The zero-order chi connectivity index (χ0) is 19.8. The van der Waals surface area contributed by atoms with Gasteiger partial charge in [-0.3, -0.25) is 9.78 Å². The molecule has 0 radical (unpaired) electrons. The second-order valence-corrected chi connectivity index (χ2v) is 13.8. The van der Waals surface area contributed by atoms with Crippen LogP contribution in [0.25, 0.3) is 11.0 Å².